The molecule has 1 heteroatoms. The van der Waals surface area contributed by atoms with E-state index >= 15 is 0 Å². The van der Waals surface area contributed by atoms with E-state index in [1.807, 2.05) is 12.1 Å². The molecule has 0 spiro atoms. The van der Waals surface area contributed by atoms with E-state index in [2.05, 4.69) is 146 Å². The van der Waals surface area contributed by atoms with Crippen LogP contribution in [0.3, 0.4) is 0 Å². The number of hydrogen-bond acceptors (Lipinski definition) is 1. The van der Waals surface area contributed by atoms with Crippen molar-refractivity contribution in [3.05, 3.63) is 158 Å². The number of fused-ring (bicyclic) bond motifs is 11. The maximum Gasteiger partial charge on any atom is 0.135 e. The Morgan fingerprint density at radius 1 is 0.256 bits per heavy atom. The summed E-state index contributed by atoms with van der Waals surface area (Å²) in [5.74, 6) is 0. The maximum absolute atomic E-state index is 6.05. The second-order valence-corrected chi connectivity index (χ2v) is 11.3. The summed E-state index contributed by atoms with van der Waals surface area (Å²) in [4.78, 5) is 0. The van der Waals surface area contributed by atoms with Crippen LogP contribution in [0.2, 0.25) is 0 Å². The highest BCUT2D eigenvalue weighted by Crippen LogP contribution is 2.48. The number of rotatable bonds is 2. The molecule has 0 atom stereocenters. The van der Waals surface area contributed by atoms with E-state index < -0.39 is 0 Å². The van der Waals surface area contributed by atoms with Crippen LogP contribution in [0, 0.1) is 0 Å². The van der Waals surface area contributed by atoms with Crippen molar-refractivity contribution in [2.45, 2.75) is 0 Å². The fraction of sp³-hybridized carbons (Fsp3) is 0. The highest BCUT2D eigenvalue weighted by atomic mass is 16.3. The minimum absolute atomic E-state index is 0.923. The molecule has 7 aromatic carbocycles. The van der Waals surface area contributed by atoms with Gasteiger partial charge in [-0.1, -0.05) is 133 Å². The maximum atomic E-state index is 6.05. The van der Waals surface area contributed by atoms with E-state index in [1.165, 1.54) is 66.8 Å². The van der Waals surface area contributed by atoms with Crippen molar-refractivity contribution < 1.29 is 4.42 Å². The highest BCUT2D eigenvalue weighted by Gasteiger charge is 2.21. The van der Waals surface area contributed by atoms with Crippen LogP contribution < -0.4 is 0 Å². The van der Waals surface area contributed by atoms with Crippen molar-refractivity contribution in [2.24, 2.45) is 0 Å². The van der Waals surface area contributed by atoms with Gasteiger partial charge in [0, 0.05) is 10.8 Å². The molecule has 0 N–H and O–H groups in total. The topological polar surface area (TPSA) is 13.1 Å². The van der Waals surface area contributed by atoms with E-state index in [1.54, 1.807) is 0 Å². The zero-order valence-electron chi connectivity index (χ0n) is 23.4. The quantitative estimate of drug-likeness (QED) is 0.210. The molecule has 0 unspecified atom stereocenters. The van der Waals surface area contributed by atoms with Crippen LogP contribution in [-0.2, 0) is 0 Å². The van der Waals surface area contributed by atoms with Crippen LogP contribution in [-0.4, -0.2) is 0 Å². The summed E-state index contributed by atoms with van der Waals surface area (Å²) >= 11 is 0. The molecule has 0 saturated heterocycles. The van der Waals surface area contributed by atoms with Crippen LogP contribution in [0.1, 0.15) is 0 Å². The van der Waals surface area contributed by atoms with Gasteiger partial charge < -0.3 is 4.42 Å². The Morgan fingerprint density at radius 2 is 0.651 bits per heavy atom. The lowest BCUT2D eigenvalue weighted by Crippen LogP contribution is -1.97. The van der Waals surface area contributed by atoms with Crippen molar-refractivity contribution in [3.8, 4) is 66.8 Å². The lowest BCUT2D eigenvalue weighted by molar-refractivity contribution is 0.669. The number of para-hydroxylation sites is 1. The van der Waals surface area contributed by atoms with Crippen molar-refractivity contribution in [3.63, 3.8) is 0 Å². The van der Waals surface area contributed by atoms with Gasteiger partial charge in [0.25, 0.3) is 0 Å². The highest BCUT2D eigenvalue weighted by molar-refractivity contribution is 6.06. The van der Waals surface area contributed by atoms with Crippen LogP contribution in [0.15, 0.2) is 162 Å². The third kappa shape index (κ3) is 3.79. The predicted molar refractivity (Wildman–Crippen MR) is 180 cm³/mol. The number of benzene rings is 7. The Bertz CT molecular complexity index is 2330. The molecule has 0 radical (unpaired) electrons. The third-order valence-corrected chi connectivity index (χ3v) is 8.89. The van der Waals surface area contributed by atoms with E-state index in [9.17, 15) is 0 Å². The summed E-state index contributed by atoms with van der Waals surface area (Å²) in [7, 11) is 0. The first-order chi connectivity index (χ1) is 21.3. The molecular formula is C42H26O. The SMILES string of the molecule is c1ccc2c(c1)-c1ccccc1-c1ccc(-c3ccc(-c4ccc5oc6ccccc6c5c4)cc3)cc1-c1ccccc1-2. The van der Waals surface area contributed by atoms with Crippen LogP contribution >= 0.6 is 0 Å². The standard InChI is InChI=1S/C42H26O/c1-2-10-32-31(9-1)33-11-3-4-13-35(33)37-23-21-29(25-39(37)36-14-6-5-12-34(32)36)27-17-19-28(20-18-27)30-22-24-42-40(26-30)38-15-7-8-16-41(38)43-42/h1-26H. The average molecular weight is 547 g/mol. The first-order valence-electron chi connectivity index (χ1n) is 14.8. The summed E-state index contributed by atoms with van der Waals surface area (Å²) < 4.78 is 6.05. The molecule has 1 nitrogen and oxygen atoms in total. The average Bonchev–Trinajstić information content (AvgIpc) is 3.46. The fourth-order valence-corrected chi connectivity index (χ4v) is 6.80. The summed E-state index contributed by atoms with van der Waals surface area (Å²) in [5, 5.41) is 2.31. The number of furan rings is 1. The van der Waals surface area contributed by atoms with Gasteiger partial charge in [0.1, 0.15) is 11.2 Å². The lowest BCUT2D eigenvalue weighted by Gasteiger charge is -2.23. The molecule has 0 amide bonds. The minimum atomic E-state index is 0.923. The molecule has 1 aliphatic rings. The van der Waals surface area contributed by atoms with Crippen molar-refractivity contribution in [1.82, 2.24) is 0 Å². The fourth-order valence-electron chi connectivity index (χ4n) is 6.80. The van der Waals surface area contributed by atoms with Gasteiger partial charge in [-0.25, -0.2) is 0 Å². The Kier molecular flexibility index (Phi) is 5.27. The van der Waals surface area contributed by atoms with Crippen molar-refractivity contribution in [1.29, 1.82) is 0 Å². The summed E-state index contributed by atoms with van der Waals surface area (Å²) in [6, 6.07) is 57.0. The first kappa shape index (κ1) is 24.0. The van der Waals surface area contributed by atoms with E-state index in [-0.39, 0.29) is 0 Å². The van der Waals surface area contributed by atoms with Gasteiger partial charge in [-0.2, -0.15) is 0 Å². The zero-order chi connectivity index (χ0) is 28.3. The lowest BCUT2D eigenvalue weighted by atomic mass is 9.80. The molecule has 0 bridgehead atoms. The minimum Gasteiger partial charge on any atom is -0.456 e. The van der Waals surface area contributed by atoms with Gasteiger partial charge >= 0.3 is 0 Å². The summed E-state index contributed by atoms with van der Waals surface area (Å²) in [6.45, 7) is 0. The zero-order valence-corrected chi connectivity index (χ0v) is 23.4. The molecule has 1 heterocycles. The van der Waals surface area contributed by atoms with Crippen LogP contribution in [0.4, 0.5) is 0 Å². The number of hydrogen-bond donors (Lipinski definition) is 0. The molecule has 1 aromatic heterocycles. The molecule has 0 aliphatic heterocycles. The largest absolute Gasteiger partial charge is 0.456 e. The monoisotopic (exact) mass is 546 g/mol. The van der Waals surface area contributed by atoms with Crippen molar-refractivity contribution >= 4 is 21.9 Å². The summed E-state index contributed by atoms with van der Waals surface area (Å²) in [6.07, 6.45) is 0. The van der Waals surface area contributed by atoms with E-state index in [0.717, 1.165) is 21.9 Å². The first-order valence-corrected chi connectivity index (χ1v) is 14.8. The predicted octanol–water partition coefficient (Wildman–Crippen LogP) is 11.9. The Labute approximate surface area is 250 Å². The van der Waals surface area contributed by atoms with E-state index in [0.29, 0.717) is 0 Å². The van der Waals surface area contributed by atoms with Gasteiger partial charge in [0.15, 0.2) is 0 Å². The smallest absolute Gasteiger partial charge is 0.135 e. The van der Waals surface area contributed by atoms with Gasteiger partial charge in [0.2, 0.25) is 0 Å². The Balaban J connectivity index is 1.17. The van der Waals surface area contributed by atoms with Gasteiger partial charge in [0.05, 0.1) is 0 Å². The molecule has 9 rings (SSSR count). The Morgan fingerprint density at radius 3 is 1.23 bits per heavy atom. The molecular weight excluding hydrogens is 520 g/mol. The normalized spacial score (nSPS) is 11.7. The van der Waals surface area contributed by atoms with Crippen LogP contribution in [0.25, 0.3) is 88.7 Å². The molecule has 200 valence electrons. The molecule has 1 aliphatic carbocycles. The van der Waals surface area contributed by atoms with Crippen molar-refractivity contribution in [2.75, 3.05) is 0 Å². The van der Waals surface area contributed by atoms with Gasteiger partial charge in [-0.3, -0.25) is 0 Å². The molecule has 0 fully saturated rings. The van der Waals surface area contributed by atoms with Gasteiger partial charge in [-0.05, 0) is 91.0 Å². The van der Waals surface area contributed by atoms with Gasteiger partial charge in [-0.15, -0.1) is 0 Å². The molecule has 0 saturated carbocycles. The second-order valence-electron chi connectivity index (χ2n) is 11.3. The third-order valence-electron chi connectivity index (χ3n) is 8.89. The molecule has 8 aromatic rings. The second kappa shape index (κ2) is 9.44. The Hall–Kier alpha value is -5.66. The van der Waals surface area contributed by atoms with Crippen LogP contribution in [0.5, 0.6) is 0 Å². The van der Waals surface area contributed by atoms with E-state index in [4.69, 9.17) is 4.42 Å². The summed E-state index contributed by atoms with van der Waals surface area (Å²) in [5.41, 5.74) is 16.8. The molecule has 43 heavy (non-hydrogen) atoms.